The van der Waals surface area contributed by atoms with Crippen LogP contribution >= 0.6 is 11.8 Å². The van der Waals surface area contributed by atoms with Gasteiger partial charge in [-0.3, -0.25) is 19.7 Å². The van der Waals surface area contributed by atoms with Crippen LogP contribution in [-0.2, 0) is 11.3 Å². The zero-order chi connectivity index (χ0) is 27.1. The van der Waals surface area contributed by atoms with Crippen molar-refractivity contribution in [3.8, 4) is 5.75 Å². The number of anilines is 1. The Morgan fingerprint density at radius 3 is 2.59 bits per heavy atom. The smallest absolute Gasteiger partial charge is 0.270 e. The first kappa shape index (κ1) is 27.7. The van der Waals surface area contributed by atoms with Crippen molar-refractivity contribution in [1.29, 1.82) is 0 Å². The number of benzene rings is 2. The van der Waals surface area contributed by atoms with Crippen molar-refractivity contribution in [2.24, 2.45) is 5.92 Å². The van der Waals surface area contributed by atoms with E-state index in [4.69, 9.17) is 4.74 Å². The maximum Gasteiger partial charge on any atom is 0.270 e. The molecule has 3 aromatic rings. The van der Waals surface area contributed by atoms with Gasteiger partial charge in [0.25, 0.3) is 11.6 Å². The number of nitro benzene ring substituents is 1. The third kappa shape index (κ3) is 6.85. The Kier molecular flexibility index (Phi) is 9.23. The van der Waals surface area contributed by atoms with E-state index >= 15 is 0 Å². The van der Waals surface area contributed by atoms with Gasteiger partial charge >= 0.3 is 0 Å². The molecule has 196 valence electrons. The van der Waals surface area contributed by atoms with Crippen molar-refractivity contribution in [2.45, 2.75) is 45.4 Å². The van der Waals surface area contributed by atoms with Crippen molar-refractivity contribution in [1.82, 2.24) is 20.1 Å². The summed E-state index contributed by atoms with van der Waals surface area (Å²) in [5, 5.41) is 26.0. The molecule has 0 radical (unpaired) electrons. The Morgan fingerprint density at radius 1 is 1.19 bits per heavy atom. The van der Waals surface area contributed by atoms with E-state index in [1.807, 2.05) is 44.4 Å². The Morgan fingerprint density at radius 2 is 1.95 bits per heavy atom. The van der Waals surface area contributed by atoms with Crippen LogP contribution < -0.4 is 15.4 Å². The number of thioether (sulfide) groups is 1. The number of nitro groups is 1. The van der Waals surface area contributed by atoms with Crippen molar-refractivity contribution in [3.05, 3.63) is 69.5 Å². The number of rotatable bonds is 11. The molecule has 1 atom stereocenters. The molecule has 37 heavy (non-hydrogen) atoms. The first-order valence-corrected chi connectivity index (χ1v) is 12.7. The number of ether oxygens (including phenoxy) is 1. The van der Waals surface area contributed by atoms with Crippen LogP contribution in [0.15, 0.2) is 47.6 Å². The van der Waals surface area contributed by atoms with E-state index in [2.05, 4.69) is 20.8 Å². The predicted molar refractivity (Wildman–Crippen MR) is 141 cm³/mol. The van der Waals surface area contributed by atoms with Crippen molar-refractivity contribution < 1.29 is 19.2 Å². The van der Waals surface area contributed by atoms with Gasteiger partial charge in [-0.25, -0.2) is 0 Å². The third-order valence-corrected chi connectivity index (χ3v) is 6.54. The molecular formula is C25H30N6O5S. The second kappa shape index (κ2) is 12.3. The van der Waals surface area contributed by atoms with Crippen molar-refractivity contribution in [3.63, 3.8) is 0 Å². The number of aromatic nitrogens is 3. The predicted octanol–water partition coefficient (Wildman–Crippen LogP) is 4.38. The average molecular weight is 527 g/mol. The number of methoxy groups -OCH3 is 1. The summed E-state index contributed by atoms with van der Waals surface area (Å²) in [6.45, 7) is 8.24. The van der Waals surface area contributed by atoms with Gasteiger partial charge in [-0.1, -0.05) is 37.7 Å². The number of amides is 2. The number of hydrogen-bond donors (Lipinski definition) is 2. The summed E-state index contributed by atoms with van der Waals surface area (Å²) < 4.78 is 7.17. The minimum Gasteiger partial charge on any atom is -0.495 e. The Hall–Kier alpha value is -3.93. The maximum absolute atomic E-state index is 12.9. The zero-order valence-electron chi connectivity index (χ0n) is 21.3. The number of carbonyl (C=O) groups excluding carboxylic acids is 2. The van der Waals surface area contributed by atoms with E-state index in [9.17, 15) is 19.7 Å². The lowest BCUT2D eigenvalue weighted by atomic mass is 10.0. The molecule has 0 bridgehead atoms. The lowest BCUT2D eigenvalue weighted by molar-refractivity contribution is -0.384. The van der Waals surface area contributed by atoms with Crippen LogP contribution in [-0.4, -0.2) is 44.4 Å². The number of hydrogen-bond acceptors (Lipinski definition) is 8. The summed E-state index contributed by atoms with van der Waals surface area (Å²) in [5.74, 6) is 0.491. The molecule has 1 aromatic heterocycles. The largest absolute Gasteiger partial charge is 0.495 e. The number of non-ortho nitro benzene ring substituents is 1. The molecule has 0 saturated carbocycles. The lowest BCUT2D eigenvalue weighted by Crippen LogP contribution is -2.33. The molecule has 0 aliphatic heterocycles. The fourth-order valence-corrected chi connectivity index (χ4v) is 4.49. The van der Waals surface area contributed by atoms with Gasteiger partial charge in [0.05, 0.1) is 29.5 Å². The monoisotopic (exact) mass is 526 g/mol. The highest BCUT2D eigenvalue weighted by Gasteiger charge is 2.27. The molecule has 3 rings (SSSR count). The minimum absolute atomic E-state index is 0.0490. The quantitative estimate of drug-likeness (QED) is 0.213. The Balaban J connectivity index is 1.74. The van der Waals surface area contributed by atoms with Crippen LogP contribution in [0.3, 0.4) is 0 Å². The fourth-order valence-electron chi connectivity index (χ4n) is 3.68. The van der Waals surface area contributed by atoms with Gasteiger partial charge in [0, 0.05) is 24.2 Å². The Labute approximate surface area is 219 Å². The number of nitrogens with zero attached hydrogens (tertiary/aromatic N) is 4. The fraction of sp³-hybridized carbons (Fsp3) is 0.360. The van der Waals surface area contributed by atoms with E-state index in [0.717, 1.165) is 5.56 Å². The lowest BCUT2D eigenvalue weighted by Gasteiger charge is -2.22. The molecule has 2 N–H and O–H groups in total. The first-order valence-electron chi connectivity index (χ1n) is 11.7. The third-order valence-electron chi connectivity index (χ3n) is 5.57. The molecule has 0 fully saturated rings. The summed E-state index contributed by atoms with van der Waals surface area (Å²) in [4.78, 5) is 36.1. The van der Waals surface area contributed by atoms with Crippen molar-refractivity contribution in [2.75, 3.05) is 18.2 Å². The van der Waals surface area contributed by atoms with E-state index < -0.39 is 16.9 Å². The maximum atomic E-state index is 12.9. The summed E-state index contributed by atoms with van der Waals surface area (Å²) in [7, 11) is 1.54. The molecule has 12 heteroatoms. The molecule has 0 saturated heterocycles. The summed E-state index contributed by atoms with van der Waals surface area (Å²) in [6.07, 6.45) is 0. The highest BCUT2D eigenvalue weighted by atomic mass is 32.2. The molecule has 0 aliphatic rings. The van der Waals surface area contributed by atoms with E-state index in [1.54, 1.807) is 13.2 Å². The van der Waals surface area contributed by atoms with Crippen molar-refractivity contribution >= 4 is 35.0 Å². The average Bonchev–Trinajstić information content (AvgIpc) is 3.28. The highest BCUT2D eigenvalue weighted by molar-refractivity contribution is 7.99. The molecule has 2 amide bonds. The molecule has 1 heterocycles. The minimum atomic E-state index is -0.543. The summed E-state index contributed by atoms with van der Waals surface area (Å²) in [6, 6.07) is 10.6. The number of aryl methyl sites for hydroxylation is 1. The van der Waals surface area contributed by atoms with E-state index in [1.165, 1.54) is 36.0 Å². The highest BCUT2D eigenvalue weighted by Crippen LogP contribution is 2.28. The SMILES string of the molecule is CCn1c(SCC(=O)Nc2cc(C)ccc2OC)nnc1[C@@H](NC(=O)c1cccc([N+](=O)[O-])c1)C(C)C. The van der Waals surface area contributed by atoms with Gasteiger partial charge in [0.15, 0.2) is 11.0 Å². The molecule has 0 spiro atoms. The normalized spacial score (nSPS) is 11.7. The van der Waals surface area contributed by atoms with Gasteiger partial charge in [-0.05, 0) is 43.5 Å². The summed E-state index contributed by atoms with van der Waals surface area (Å²) >= 11 is 1.24. The molecule has 2 aromatic carbocycles. The van der Waals surface area contributed by atoms with Crippen LogP contribution in [0.4, 0.5) is 11.4 Å². The first-order chi connectivity index (χ1) is 17.6. The Bertz CT molecular complexity index is 1290. The zero-order valence-corrected chi connectivity index (χ0v) is 22.2. The van der Waals surface area contributed by atoms with Crippen LogP contribution in [0.1, 0.15) is 48.6 Å². The standard InChI is InChI=1S/C25H30N6O5S/c1-6-30-23(22(15(2)3)27-24(33)17-8-7-9-18(13-17)31(34)35)28-29-25(30)37-14-21(32)26-19-12-16(4)10-11-20(19)36-5/h7-13,15,22H,6,14H2,1-5H3,(H,26,32)(H,27,33)/t22-/m0/s1. The number of carbonyl (C=O) groups is 2. The summed E-state index contributed by atoms with van der Waals surface area (Å²) in [5.41, 5.74) is 1.60. The topological polar surface area (TPSA) is 141 Å². The van der Waals surface area contributed by atoms with E-state index in [0.29, 0.717) is 29.0 Å². The molecule has 0 aliphatic carbocycles. The van der Waals surface area contributed by atoms with Gasteiger partial charge < -0.3 is 19.9 Å². The number of nitrogens with one attached hydrogen (secondary N) is 2. The second-order valence-corrected chi connectivity index (χ2v) is 9.57. The second-order valence-electron chi connectivity index (χ2n) is 8.63. The van der Waals surface area contributed by atoms with Gasteiger partial charge in [-0.2, -0.15) is 0 Å². The van der Waals surface area contributed by atoms with Gasteiger partial charge in [0.2, 0.25) is 5.91 Å². The van der Waals surface area contributed by atoms with Gasteiger partial charge in [-0.15, -0.1) is 10.2 Å². The van der Waals surface area contributed by atoms with Crippen LogP contribution in [0, 0.1) is 23.0 Å². The molecular weight excluding hydrogens is 496 g/mol. The van der Waals surface area contributed by atoms with Gasteiger partial charge in [0.1, 0.15) is 5.75 Å². The van der Waals surface area contributed by atoms with Crippen LogP contribution in [0.25, 0.3) is 0 Å². The van der Waals surface area contributed by atoms with E-state index in [-0.39, 0.29) is 28.8 Å². The molecule has 11 nitrogen and oxygen atoms in total. The van der Waals surface area contributed by atoms with Crippen LogP contribution in [0.5, 0.6) is 5.75 Å². The molecule has 0 unspecified atom stereocenters. The van der Waals surface area contributed by atoms with Crippen LogP contribution in [0.2, 0.25) is 0 Å².